The molecule has 0 rings (SSSR count). The number of esters is 1. The molecule has 0 aromatic carbocycles. The van der Waals surface area contributed by atoms with E-state index >= 15 is 0 Å². The summed E-state index contributed by atoms with van der Waals surface area (Å²) < 4.78 is 30.5. The molecule has 0 bridgehead atoms. The summed E-state index contributed by atoms with van der Waals surface area (Å²) in [6, 6.07) is -0.908. The highest BCUT2D eigenvalue weighted by atomic mass is 31.2. The van der Waals surface area contributed by atoms with Gasteiger partial charge in [-0.05, 0) is 128 Å². The summed E-state index contributed by atoms with van der Waals surface area (Å²) in [5, 5.41) is 3.04. The molecule has 10 heteroatoms. The van der Waals surface area contributed by atoms with Gasteiger partial charge >= 0.3 is 5.97 Å². The number of nitrogens with one attached hydrogen (secondary N) is 1. The molecule has 0 spiro atoms. The molecule has 0 fully saturated rings. The molecule has 0 saturated carbocycles. The summed E-state index contributed by atoms with van der Waals surface area (Å²) in [5.74, 6) is -0.561. The Labute approximate surface area is 561 Å². The first-order chi connectivity index (χ1) is 44.4. The van der Waals surface area contributed by atoms with Crippen LogP contribution in [-0.4, -0.2) is 69.4 Å². The topological polar surface area (TPSA) is 114 Å². The monoisotopic (exact) mass is 1280 g/mol. The van der Waals surface area contributed by atoms with Crippen LogP contribution in [0.5, 0.6) is 0 Å². The quantitative estimate of drug-likeness (QED) is 0.0212. The Hall–Kier alpha value is -4.11. The Kier molecular flexibility index (Phi) is 65.6. The summed E-state index contributed by atoms with van der Waals surface area (Å²) in [6.45, 7) is 6.62. The van der Waals surface area contributed by atoms with Crippen LogP contribution in [-0.2, 0) is 27.9 Å². The number of phosphoric ester groups is 1. The molecular formula is C81H139N2O7P. The van der Waals surface area contributed by atoms with Crippen LogP contribution in [0.3, 0.4) is 0 Å². The lowest BCUT2D eigenvalue weighted by Gasteiger charge is -2.30. The Bertz CT molecular complexity index is 2070. The molecule has 0 aromatic rings. The van der Waals surface area contributed by atoms with Crippen molar-refractivity contribution >= 4 is 19.7 Å². The fourth-order valence-electron chi connectivity index (χ4n) is 10.1. The molecule has 520 valence electrons. The van der Waals surface area contributed by atoms with Crippen molar-refractivity contribution < 1.29 is 37.3 Å². The van der Waals surface area contributed by atoms with Crippen molar-refractivity contribution in [1.82, 2.24) is 5.32 Å². The molecule has 1 amide bonds. The van der Waals surface area contributed by atoms with Crippen molar-refractivity contribution in [2.24, 2.45) is 0 Å². The van der Waals surface area contributed by atoms with E-state index in [1.165, 1.54) is 116 Å². The van der Waals surface area contributed by atoms with Gasteiger partial charge < -0.3 is 28.5 Å². The third kappa shape index (κ3) is 70.1. The number of hydrogen-bond donors (Lipinski definition) is 1. The predicted molar refractivity (Wildman–Crippen MR) is 394 cm³/mol. The van der Waals surface area contributed by atoms with Gasteiger partial charge in [-0.25, -0.2) is 0 Å². The van der Waals surface area contributed by atoms with E-state index in [0.29, 0.717) is 17.4 Å². The van der Waals surface area contributed by atoms with Crippen molar-refractivity contribution in [2.45, 2.75) is 315 Å². The highest BCUT2D eigenvalue weighted by Gasteiger charge is 2.27. The van der Waals surface area contributed by atoms with Gasteiger partial charge in [0.25, 0.3) is 7.82 Å². The smallest absolute Gasteiger partial charge is 0.306 e. The van der Waals surface area contributed by atoms with E-state index < -0.39 is 26.6 Å². The number of unbranched alkanes of at least 4 members (excludes halogenated alkanes) is 28. The molecular weight excluding hydrogens is 1140 g/mol. The Morgan fingerprint density at radius 3 is 1.05 bits per heavy atom. The lowest BCUT2D eigenvalue weighted by atomic mass is 10.0. The third-order valence-electron chi connectivity index (χ3n) is 15.8. The number of likely N-dealkylation sites (N-methyl/N-ethyl adjacent to an activating group) is 1. The SMILES string of the molecule is CC/C=C\C/C=C\C/C=C\C/C=C\C/C=C\C/C=C\CCCCCCCCCCC(=O)NC(COP(=O)([O-])OCC[N+](C)(C)C)C(/C=C/CCCCCCCCCCCCC)OC(=O)CCCCCCCCCCC/C=C\C/C=C\C/C=C\C/C=C\C/C=C\CC. The minimum Gasteiger partial charge on any atom is -0.756 e. The molecule has 0 aromatic heterocycles. The highest BCUT2D eigenvalue weighted by Crippen LogP contribution is 2.38. The summed E-state index contributed by atoms with van der Waals surface area (Å²) in [5.41, 5.74) is 0. The Morgan fingerprint density at radius 2 is 0.703 bits per heavy atom. The lowest BCUT2D eigenvalue weighted by Crippen LogP contribution is -2.47. The number of allylic oxidation sites excluding steroid dienone is 23. The zero-order chi connectivity index (χ0) is 66.3. The molecule has 91 heavy (non-hydrogen) atoms. The van der Waals surface area contributed by atoms with Gasteiger partial charge in [0.15, 0.2) is 0 Å². The van der Waals surface area contributed by atoms with Crippen LogP contribution >= 0.6 is 7.82 Å². The van der Waals surface area contributed by atoms with Gasteiger partial charge in [0.2, 0.25) is 5.91 Å². The van der Waals surface area contributed by atoms with Gasteiger partial charge in [-0.15, -0.1) is 0 Å². The van der Waals surface area contributed by atoms with Crippen molar-refractivity contribution in [2.75, 3.05) is 40.9 Å². The summed E-state index contributed by atoms with van der Waals surface area (Å²) >= 11 is 0. The maximum Gasteiger partial charge on any atom is 0.306 e. The molecule has 0 aliphatic rings. The first-order valence-corrected chi connectivity index (χ1v) is 38.6. The molecule has 0 aliphatic carbocycles. The minimum atomic E-state index is -4.72. The molecule has 0 saturated heterocycles. The number of nitrogens with zero attached hydrogens (tertiary/aromatic N) is 1. The lowest BCUT2D eigenvalue weighted by molar-refractivity contribution is -0.870. The van der Waals surface area contributed by atoms with Crippen molar-refractivity contribution in [3.05, 3.63) is 146 Å². The minimum absolute atomic E-state index is 0.0324. The second-order valence-corrected chi connectivity index (χ2v) is 27.1. The van der Waals surface area contributed by atoms with Gasteiger partial charge in [0.1, 0.15) is 19.3 Å². The van der Waals surface area contributed by atoms with Crippen LogP contribution < -0.4 is 10.2 Å². The molecule has 0 heterocycles. The number of hydrogen-bond acceptors (Lipinski definition) is 7. The number of phosphoric acid groups is 1. The average Bonchev–Trinajstić information content (AvgIpc) is 3.45. The van der Waals surface area contributed by atoms with Gasteiger partial charge in [-0.2, -0.15) is 0 Å². The standard InChI is InChI=1S/C81H139N2O7P/c1-7-10-13-16-19-22-25-28-30-32-34-36-38-40-41-43-44-46-48-50-52-55-58-61-64-67-70-73-80(84)82-78(77-89-91(86,87)88-76-75-83(4,5)6)79(72-69-66-63-60-57-54-27-24-21-18-15-12-9-3)90-81(85)74-71-68-65-62-59-56-53-51-49-47-45-42-39-37-35-33-31-29-26-23-20-17-14-11-8-2/h10-11,13-14,19-20,22-23,28-31,34-37,40-42,44-46,69,72,78-79H,7-9,12,15-18,21,24-27,32-33,38-39,43,47-68,70-71,73-77H2,1-6H3,(H-,82,84,86,87)/b13-10-,14-11-,22-19-,23-20-,30-28-,31-29-,36-34-,37-35-,41-40-,45-42-,46-44-,72-69+. The van der Waals surface area contributed by atoms with Crippen LogP contribution in [0.2, 0.25) is 0 Å². The Balaban J connectivity index is 5.11. The number of rotatable bonds is 66. The first kappa shape index (κ1) is 86.9. The molecule has 1 N–H and O–H groups in total. The van der Waals surface area contributed by atoms with Crippen molar-refractivity contribution in [3.63, 3.8) is 0 Å². The second-order valence-electron chi connectivity index (χ2n) is 25.7. The predicted octanol–water partition coefficient (Wildman–Crippen LogP) is 23.5. The maximum absolute atomic E-state index is 13.6. The number of amides is 1. The molecule has 3 atom stereocenters. The van der Waals surface area contributed by atoms with Crippen molar-refractivity contribution in [1.29, 1.82) is 0 Å². The van der Waals surface area contributed by atoms with Gasteiger partial charge in [-0.3, -0.25) is 14.2 Å². The van der Waals surface area contributed by atoms with Crippen LogP contribution in [0, 0.1) is 0 Å². The summed E-state index contributed by atoms with van der Waals surface area (Å²) in [6.07, 6.45) is 99.7. The maximum atomic E-state index is 13.6. The summed E-state index contributed by atoms with van der Waals surface area (Å²) in [4.78, 5) is 40.3. The van der Waals surface area contributed by atoms with Crippen LogP contribution in [0.25, 0.3) is 0 Å². The highest BCUT2D eigenvalue weighted by molar-refractivity contribution is 7.45. The molecule has 0 aliphatic heterocycles. The third-order valence-corrected chi connectivity index (χ3v) is 16.7. The van der Waals surface area contributed by atoms with E-state index in [1.807, 2.05) is 33.3 Å². The van der Waals surface area contributed by atoms with Crippen molar-refractivity contribution in [3.8, 4) is 0 Å². The normalized spacial score (nSPS) is 14.3. The summed E-state index contributed by atoms with van der Waals surface area (Å²) in [7, 11) is 1.16. The van der Waals surface area contributed by atoms with E-state index in [1.54, 1.807) is 0 Å². The number of quaternary nitrogens is 1. The van der Waals surface area contributed by atoms with Gasteiger partial charge in [0, 0.05) is 12.8 Å². The van der Waals surface area contributed by atoms with E-state index in [2.05, 4.69) is 160 Å². The Morgan fingerprint density at radius 1 is 0.396 bits per heavy atom. The first-order valence-electron chi connectivity index (χ1n) is 37.1. The number of ether oxygens (including phenoxy) is 1. The number of carbonyl (C=O) groups is 2. The average molecular weight is 1280 g/mol. The number of carbonyl (C=O) groups excluding carboxylic acids is 2. The van der Waals surface area contributed by atoms with Crippen LogP contribution in [0.4, 0.5) is 0 Å². The molecule has 0 radical (unpaired) electrons. The van der Waals surface area contributed by atoms with Gasteiger partial charge in [-0.1, -0.05) is 308 Å². The van der Waals surface area contributed by atoms with Crippen LogP contribution in [0.15, 0.2) is 146 Å². The zero-order valence-electron chi connectivity index (χ0n) is 59.5. The fraction of sp³-hybridized carbons (Fsp3) is 0.679. The second kappa shape index (κ2) is 68.7. The fourth-order valence-corrected chi connectivity index (χ4v) is 10.9. The molecule has 3 unspecified atom stereocenters. The zero-order valence-corrected chi connectivity index (χ0v) is 60.4. The van der Waals surface area contributed by atoms with Gasteiger partial charge in [0.05, 0.1) is 33.8 Å². The van der Waals surface area contributed by atoms with E-state index in [9.17, 15) is 19.0 Å². The molecule has 9 nitrogen and oxygen atoms in total. The van der Waals surface area contributed by atoms with E-state index in [-0.39, 0.29) is 24.9 Å². The van der Waals surface area contributed by atoms with E-state index in [4.69, 9.17) is 13.8 Å². The largest absolute Gasteiger partial charge is 0.756 e. The van der Waals surface area contributed by atoms with E-state index in [0.717, 1.165) is 154 Å². The van der Waals surface area contributed by atoms with Crippen LogP contribution in [0.1, 0.15) is 303 Å².